The zero-order valence-corrected chi connectivity index (χ0v) is 8.57. The minimum absolute atomic E-state index is 0.356. The largest absolute Gasteiger partial charge is 0.366 e. The van der Waals surface area contributed by atoms with E-state index in [1.54, 1.807) is 18.5 Å². The summed E-state index contributed by atoms with van der Waals surface area (Å²) in [6.07, 6.45) is 5.48. The van der Waals surface area contributed by atoms with Crippen LogP contribution in [0.4, 0.5) is 0 Å². The molecule has 1 aliphatic heterocycles. The molecule has 1 fully saturated rings. The van der Waals surface area contributed by atoms with Gasteiger partial charge in [-0.1, -0.05) is 0 Å². The van der Waals surface area contributed by atoms with E-state index >= 15 is 0 Å². The molecule has 1 amide bonds. The Bertz CT molecular complexity index is 359. The van der Waals surface area contributed by atoms with Crippen molar-refractivity contribution in [3.8, 4) is 0 Å². The molecule has 2 rings (SSSR count). The number of amides is 1. The van der Waals surface area contributed by atoms with E-state index in [0.29, 0.717) is 11.5 Å². The lowest BCUT2D eigenvalue weighted by atomic mass is 9.88. The van der Waals surface area contributed by atoms with Crippen LogP contribution in [0.2, 0.25) is 0 Å². The first-order chi connectivity index (χ1) is 7.29. The fourth-order valence-corrected chi connectivity index (χ4v) is 2.09. The van der Waals surface area contributed by atoms with Gasteiger partial charge in [0.1, 0.15) is 0 Å². The maximum absolute atomic E-state index is 11.2. The first-order valence-electron chi connectivity index (χ1n) is 5.23. The molecule has 4 heteroatoms. The molecule has 1 aliphatic rings. The normalized spacial score (nSPS) is 17.6. The number of rotatable bonds is 2. The number of aromatic nitrogens is 1. The zero-order valence-electron chi connectivity index (χ0n) is 8.57. The molecular formula is C11H15N3O. The Kier molecular flexibility index (Phi) is 2.97. The van der Waals surface area contributed by atoms with Crippen LogP contribution in [0, 0.1) is 0 Å². The highest BCUT2D eigenvalue weighted by Gasteiger charge is 2.19. The third-order valence-electron chi connectivity index (χ3n) is 2.90. The Morgan fingerprint density at radius 3 is 2.87 bits per heavy atom. The summed E-state index contributed by atoms with van der Waals surface area (Å²) in [5, 5.41) is 3.30. The predicted octanol–water partition coefficient (Wildman–Crippen LogP) is 0.647. The molecule has 4 nitrogen and oxygen atoms in total. The summed E-state index contributed by atoms with van der Waals surface area (Å²) in [4.78, 5) is 15.3. The highest BCUT2D eigenvalue weighted by molar-refractivity contribution is 5.94. The van der Waals surface area contributed by atoms with Gasteiger partial charge in [0.05, 0.1) is 0 Å². The van der Waals surface area contributed by atoms with Crippen LogP contribution in [0.5, 0.6) is 0 Å². The van der Waals surface area contributed by atoms with Crippen LogP contribution >= 0.6 is 0 Å². The smallest absolute Gasteiger partial charge is 0.249 e. The number of piperidine rings is 1. The third-order valence-corrected chi connectivity index (χ3v) is 2.90. The molecule has 0 spiro atoms. The molecule has 2 heterocycles. The molecule has 1 aromatic rings. The van der Waals surface area contributed by atoms with E-state index in [2.05, 4.69) is 10.3 Å². The number of hydrogen-bond donors (Lipinski definition) is 2. The third kappa shape index (κ3) is 2.15. The van der Waals surface area contributed by atoms with Gasteiger partial charge in [0.15, 0.2) is 0 Å². The summed E-state index contributed by atoms with van der Waals surface area (Å²) in [6.45, 7) is 2.00. The van der Waals surface area contributed by atoms with Gasteiger partial charge in [-0.2, -0.15) is 0 Å². The van der Waals surface area contributed by atoms with Crippen LogP contribution in [-0.4, -0.2) is 24.0 Å². The van der Waals surface area contributed by atoms with Crippen molar-refractivity contribution in [2.24, 2.45) is 5.73 Å². The highest BCUT2D eigenvalue weighted by atomic mass is 16.1. The van der Waals surface area contributed by atoms with Crippen LogP contribution < -0.4 is 11.1 Å². The van der Waals surface area contributed by atoms with Gasteiger partial charge >= 0.3 is 0 Å². The lowest BCUT2D eigenvalue weighted by Crippen LogP contribution is -2.28. The molecule has 0 saturated carbocycles. The number of carbonyl (C=O) groups excluding carboxylic acids is 1. The van der Waals surface area contributed by atoms with Crippen LogP contribution in [0.3, 0.4) is 0 Å². The zero-order chi connectivity index (χ0) is 10.7. The fraction of sp³-hybridized carbons (Fsp3) is 0.455. The predicted molar refractivity (Wildman–Crippen MR) is 57.6 cm³/mol. The maximum atomic E-state index is 11.2. The number of pyridine rings is 1. The second-order valence-electron chi connectivity index (χ2n) is 3.85. The molecule has 0 aromatic carbocycles. The molecule has 1 aromatic heterocycles. The Morgan fingerprint density at radius 1 is 1.47 bits per heavy atom. The molecule has 15 heavy (non-hydrogen) atoms. The molecule has 0 atom stereocenters. The Labute approximate surface area is 88.9 Å². The summed E-state index contributed by atoms with van der Waals surface area (Å²) in [6, 6.07) is 1.71. The first-order valence-corrected chi connectivity index (χ1v) is 5.23. The Morgan fingerprint density at radius 2 is 2.20 bits per heavy atom. The highest BCUT2D eigenvalue weighted by Crippen LogP contribution is 2.26. The average molecular weight is 205 g/mol. The number of carbonyl (C=O) groups is 1. The van der Waals surface area contributed by atoms with Crippen molar-refractivity contribution < 1.29 is 4.79 Å². The van der Waals surface area contributed by atoms with E-state index in [-0.39, 0.29) is 5.91 Å². The van der Waals surface area contributed by atoms with E-state index < -0.39 is 0 Å². The first kappa shape index (κ1) is 10.1. The van der Waals surface area contributed by atoms with Gasteiger partial charge in [0.2, 0.25) is 5.91 Å². The standard InChI is InChI=1S/C11H15N3O/c12-11(15)9-3-6-14-7-10(9)8-1-4-13-5-2-8/h3,6-8,13H,1-2,4-5H2,(H2,12,15). The maximum Gasteiger partial charge on any atom is 0.249 e. The number of nitrogens with one attached hydrogen (secondary N) is 1. The molecule has 0 radical (unpaired) electrons. The molecule has 0 unspecified atom stereocenters. The molecule has 1 saturated heterocycles. The van der Waals surface area contributed by atoms with Gasteiger partial charge in [-0.25, -0.2) is 0 Å². The number of primary amides is 1. The van der Waals surface area contributed by atoms with Crippen molar-refractivity contribution in [1.29, 1.82) is 0 Å². The minimum Gasteiger partial charge on any atom is -0.366 e. The fourth-order valence-electron chi connectivity index (χ4n) is 2.09. The second-order valence-corrected chi connectivity index (χ2v) is 3.85. The van der Waals surface area contributed by atoms with Crippen LogP contribution in [0.25, 0.3) is 0 Å². The summed E-state index contributed by atoms with van der Waals surface area (Å²) in [7, 11) is 0. The molecular weight excluding hydrogens is 190 g/mol. The molecule has 0 bridgehead atoms. The van der Waals surface area contributed by atoms with Crippen LogP contribution in [0.1, 0.15) is 34.7 Å². The van der Waals surface area contributed by atoms with Crippen molar-refractivity contribution in [3.63, 3.8) is 0 Å². The van der Waals surface area contributed by atoms with Crippen molar-refractivity contribution in [2.75, 3.05) is 13.1 Å². The van der Waals surface area contributed by atoms with E-state index in [1.165, 1.54) is 0 Å². The Balaban J connectivity index is 2.29. The molecule has 0 aliphatic carbocycles. The monoisotopic (exact) mass is 205 g/mol. The quantitative estimate of drug-likeness (QED) is 0.744. The van der Waals surface area contributed by atoms with E-state index in [1.807, 2.05) is 0 Å². The number of nitrogens with two attached hydrogens (primary N) is 1. The van der Waals surface area contributed by atoms with Crippen molar-refractivity contribution in [1.82, 2.24) is 10.3 Å². The molecule has 3 N–H and O–H groups in total. The topological polar surface area (TPSA) is 68.0 Å². The summed E-state index contributed by atoms with van der Waals surface area (Å²) < 4.78 is 0. The SMILES string of the molecule is NC(=O)c1ccncc1C1CCNCC1. The van der Waals surface area contributed by atoms with Gasteiger partial charge < -0.3 is 11.1 Å². The van der Waals surface area contributed by atoms with Gasteiger partial charge in [0, 0.05) is 18.0 Å². The lowest BCUT2D eigenvalue weighted by molar-refractivity contribution is 0.0998. The summed E-state index contributed by atoms with van der Waals surface area (Å²) in [5.74, 6) is 0.0633. The van der Waals surface area contributed by atoms with Crippen LogP contribution in [-0.2, 0) is 0 Å². The summed E-state index contributed by atoms with van der Waals surface area (Å²) in [5.41, 5.74) is 6.97. The average Bonchev–Trinajstić information content (AvgIpc) is 2.30. The van der Waals surface area contributed by atoms with Crippen LogP contribution in [0.15, 0.2) is 18.5 Å². The Hall–Kier alpha value is -1.42. The van der Waals surface area contributed by atoms with Gasteiger partial charge in [-0.15, -0.1) is 0 Å². The van der Waals surface area contributed by atoms with Crippen molar-refractivity contribution in [2.45, 2.75) is 18.8 Å². The van der Waals surface area contributed by atoms with E-state index in [9.17, 15) is 4.79 Å². The van der Waals surface area contributed by atoms with Gasteiger partial charge in [0.25, 0.3) is 0 Å². The van der Waals surface area contributed by atoms with E-state index in [4.69, 9.17) is 5.73 Å². The second kappa shape index (κ2) is 4.40. The molecule has 80 valence electrons. The van der Waals surface area contributed by atoms with Gasteiger partial charge in [-0.05, 0) is 43.5 Å². The van der Waals surface area contributed by atoms with E-state index in [0.717, 1.165) is 31.5 Å². The number of hydrogen-bond acceptors (Lipinski definition) is 3. The van der Waals surface area contributed by atoms with Crippen molar-refractivity contribution in [3.05, 3.63) is 29.6 Å². The minimum atomic E-state index is -0.356. The summed E-state index contributed by atoms with van der Waals surface area (Å²) >= 11 is 0. The van der Waals surface area contributed by atoms with Crippen molar-refractivity contribution >= 4 is 5.91 Å². The number of nitrogens with zero attached hydrogens (tertiary/aromatic N) is 1. The van der Waals surface area contributed by atoms with Gasteiger partial charge in [-0.3, -0.25) is 9.78 Å². The lowest BCUT2D eigenvalue weighted by Gasteiger charge is -2.23.